The van der Waals surface area contributed by atoms with Crippen LogP contribution >= 0.6 is 11.6 Å². The Balaban J connectivity index is 3.17. The van der Waals surface area contributed by atoms with Gasteiger partial charge in [0, 0.05) is 11.8 Å². The first kappa shape index (κ1) is 6.29. The quantitative estimate of drug-likeness (QED) is 0.563. The van der Waals surface area contributed by atoms with E-state index in [2.05, 4.69) is 4.98 Å². The summed E-state index contributed by atoms with van der Waals surface area (Å²) in [5.41, 5.74) is 5.48. The van der Waals surface area contributed by atoms with E-state index in [4.69, 9.17) is 17.3 Å². The van der Waals surface area contributed by atoms with E-state index in [9.17, 15) is 4.39 Å². The van der Waals surface area contributed by atoms with Crippen LogP contribution in [0.2, 0.25) is 5.15 Å². The number of hydrogen-bond acceptors (Lipinski definition) is 2. The molecule has 0 saturated heterocycles. The van der Waals surface area contributed by atoms with Gasteiger partial charge < -0.3 is 5.73 Å². The normalized spacial score (nSPS) is 9.56. The van der Waals surface area contributed by atoms with Crippen LogP contribution in [0.15, 0.2) is 12.1 Å². The Kier molecular flexibility index (Phi) is 1.53. The maximum absolute atomic E-state index is 12.2. The molecule has 0 saturated carbocycles. The molecule has 0 radical (unpaired) electrons. The molecule has 0 aromatic carbocycles. The van der Waals surface area contributed by atoms with Gasteiger partial charge in [-0.3, -0.25) is 0 Å². The third-order valence-electron chi connectivity index (χ3n) is 0.785. The number of anilines is 1. The minimum absolute atomic E-state index is 0.0764. The largest absolute Gasteiger partial charge is 0.399 e. The summed E-state index contributed by atoms with van der Waals surface area (Å²) in [6, 6.07) is 2.48. The fourth-order valence-electron chi connectivity index (χ4n) is 0.483. The summed E-state index contributed by atoms with van der Waals surface area (Å²) in [6.45, 7) is 0. The summed E-state index contributed by atoms with van der Waals surface area (Å²) in [4.78, 5) is 3.25. The molecule has 0 aliphatic rings. The highest BCUT2D eigenvalue weighted by Gasteiger charge is 1.94. The lowest BCUT2D eigenvalue weighted by molar-refractivity contribution is 0.585. The lowest BCUT2D eigenvalue weighted by Gasteiger charge is -1.91. The van der Waals surface area contributed by atoms with Crippen molar-refractivity contribution in [2.45, 2.75) is 0 Å². The Hall–Kier alpha value is -0.830. The van der Waals surface area contributed by atoms with Gasteiger partial charge in [-0.1, -0.05) is 11.6 Å². The van der Waals surface area contributed by atoms with Crippen LogP contribution < -0.4 is 5.73 Å². The average molecular weight is 147 g/mol. The third kappa shape index (κ3) is 1.54. The van der Waals surface area contributed by atoms with Gasteiger partial charge in [0.15, 0.2) is 0 Å². The predicted molar refractivity (Wildman–Crippen MR) is 33.6 cm³/mol. The monoisotopic (exact) mass is 146 g/mol. The van der Waals surface area contributed by atoms with E-state index in [1.165, 1.54) is 6.07 Å². The van der Waals surface area contributed by atoms with E-state index in [1.807, 2.05) is 0 Å². The Morgan fingerprint density at radius 1 is 1.56 bits per heavy atom. The second kappa shape index (κ2) is 2.19. The molecular formula is C5H4ClFN2. The van der Waals surface area contributed by atoms with Gasteiger partial charge in [0.25, 0.3) is 0 Å². The Labute approximate surface area is 56.5 Å². The molecule has 0 unspecified atom stereocenters. The van der Waals surface area contributed by atoms with Crippen molar-refractivity contribution < 1.29 is 4.39 Å². The number of halogens is 2. The molecule has 2 N–H and O–H groups in total. The van der Waals surface area contributed by atoms with Gasteiger partial charge in [0.05, 0.1) is 0 Å². The molecule has 48 valence electrons. The average Bonchev–Trinajstić information content (AvgIpc) is 1.59. The summed E-state index contributed by atoms with van der Waals surface area (Å²) in [7, 11) is 0. The molecule has 1 aromatic heterocycles. The van der Waals surface area contributed by atoms with E-state index in [1.54, 1.807) is 0 Å². The van der Waals surface area contributed by atoms with Crippen molar-refractivity contribution in [1.82, 2.24) is 4.98 Å². The minimum atomic E-state index is -0.653. The number of hydrogen-bond donors (Lipinski definition) is 1. The molecule has 0 aliphatic carbocycles. The smallest absolute Gasteiger partial charge is 0.216 e. The van der Waals surface area contributed by atoms with Crippen molar-refractivity contribution >= 4 is 17.3 Å². The van der Waals surface area contributed by atoms with Gasteiger partial charge in [-0.2, -0.15) is 4.39 Å². The van der Waals surface area contributed by atoms with Gasteiger partial charge in [-0.25, -0.2) is 4.98 Å². The van der Waals surface area contributed by atoms with Gasteiger partial charge in [0.1, 0.15) is 5.15 Å². The van der Waals surface area contributed by atoms with Gasteiger partial charge in [-0.15, -0.1) is 0 Å². The number of rotatable bonds is 0. The zero-order valence-electron chi connectivity index (χ0n) is 4.44. The Morgan fingerprint density at radius 3 is 2.67 bits per heavy atom. The van der Waals surface area contributed by atoms with Crippen molar-refractivity contribution in [3.63, 3.8) is 0 Å². The summed E-state index contributed by atoms with van der Waals surface area (Å²) in [5, 5.41) is 0.0764. The molecule has 2 nitrogen and oxygen atoms in total. The summed E-state index contributed by atoms with van der Waals surface area (Å²) in [6.07, 6.45) is 0. The van der Waals surface area contributed by atoms with E-state index < -0.39 is 5.95 Å². The first-order valence-electron chi connectivity index (χ1n) is 2.27. The lowest BCUT2D eigenvalue weighted by atomic mass is 10.4. The maximum Gasteiger partial charge on any atom is 0.216 e. The zero-order chi connectivity index (χ0) is 6.85. The second-order valence-corrected chi connectivity index (χ2v) is 1.93. The highest BCUT2D eigenvalue weighted by Crippen LogP contribution is 2.10. The molecule has 0 fully saturated rings. The lowest BCUT2D eigenvalue weighted by Crippen LogP contribution is -1.88. The summed E-state index contributed by atoms with van der Waals surface area (Å²) >= 11 is 5.32. The molecule has 4 heteroatoms. The summed E-state index contributed by atoms with van der Waals surface area (Å²) < 4.78 is 12.2. The highest BCUT2D eigenvalue weighted by atomic mass is 35.5. The van der Waals surface area contributed by atoms with Crippen LogP contribution in [0, 0.1) is 5.95 Å². The fraction of sp³-hybridized carbons (Fsp3) is 0. The molecule has 1 heterocycles. The van der Waals surface area contributed by atoms with E-state index >= 15 is 0 Å². The van der Waals surface area contributed by atoms with Crippen molar-refractivity contribution in [3.05, 3.63) is 23.2 Å². The fourth-order valence-corrected chi connectivity index (χ4v) is 0.690. The molecule has 0 bridgehead atoms. The molecule has 0 aliphatic heterocycles. The Morgan fingerprint density at radius 2 is 2.22 bits per heavy atom. The van der Waals surface area contributed by atoms with E-state index in [-0.39, 0.29) is 10.8 Å². The molecule has 0 atom stereocenters. The van der Waals surface area contributed by atoms with Crippen LogP contribution in [0.5, 0.6) is 0 Å². The van der Waals surface area contributed by atoms with Crippen molar-refractivity contribution in [2.75, 3.05) is 5.73 Å². The topological polar surface area (TPSA) is 38.9 Å². The molecule has 0 amide bonds. The van der Waals surface area contributed by atoms with Crippen molar-refractivity contribution in [3.8, 4) is 0 Å². The second-order valence-electron chi connectivity index (χ2n) is 1.55. The molecule has 0 spiro atoms. The first-order valence-corrected chi connectivity index (χ1v) is 2.65. The highest BCUT2D eigenvalue weighted by molar-refractivity contribution is 6.29. The minimum Gasteiger partial charge on any atom is -0.399 e. The Bertz CT molecular complexity index is 176. The number of aromatic nitrogens is 1. The van der Waals surface area contributed by atoms with Crippen LogP contribution in [0.4, 0.5) is 10.1 Å². The van der Waals surface area contributed by atoms with E-state index in [0.717, 1.165) is 6.07 Å². The van der Waals surface area contributed by atoms with Crippen LogP contribution in [0.1, 0.15) is 0 Å². The van der Waals surface area contributed by atoms with Crippen LogP contribution in [0.3, 0.4) is 0 Å². The predicted octanol–water partition coefficient (Wildman–Crippen LogP) is 1.46. The number of pyridine rings is 1. The molecule has 9 heavy (non-hydrogen) atoms. The number of nitrogen functional groups attached to an aromatic ring is 1. The standard InChI is InChI=1S/C5H4ClFN2/c6-4-1-3(8)2-5(7)9-4/h1-2H,(H2,8,9). The van der Waals surface area contributed by atoms with Crippen LogP contribution in [-0.4, -0.2) is 4.98 Å². The van der Waals surface area contributed by atoms with Gasteiger partial charge >= 0.3 is 0 Å². The van der Waals surface area contributed by atoms with Gasteiger partial charge in [-0.05, 0) is 6.07 Å². The van der Waals surface area contributed by atoms with Gasteiger partial charge in [0.2, 0.25) is 5.95 Å². The number of nitrogens with zero attached hydrogens (tertiary/aromatic N) is 1. The van der Waals surface area contributed by atoms with E-state index in [0.29, 0.717) is 0 Å². The SMILES string of the molecule is Nc1cc(F)nc(Cl)c1. The maximum atomic E-state index is 12.2. The van der Waals surface area contributed by atoms with Crippen molar-refractivity contribution in [2.24, 2.45) is 0 Å². The molecular weight excluding hydrogens is 143 g/mol. The van der Waals surface area contributed by atoms with Crippen molar-refractivity contribution in [1.29, 1.82) is 0 Å². The summed E-state index contributed by atoms with van der Waals surface area (Å²) in [5.74, 6) is -0.653. The zero-order valence-corrected chi connectivity index (χ0v) is 5.19. The molecule has 1 aromatic rings. The van der Waals surface area contributed by atoms with Crippen LogP contribution in [0.25, 0.3) is 0 Å². The first-order chi connectivity index (χ1) is 4.18. The number of nitrogens with two attached hydrogens (primary N) is 1. The third-order valence-corrected chi connectivity index (χ3v) is 0.979. The van der Waals surface area contributed by atoms with Crippen LogP contribution in [-0.2, 0) is 0 Å². The molecule has 1 rings (SSSR count).